The van der Waals surface area contributed by atoms with E-state index in [0.717, 1.165) is 6.07 Å². The Morgan fingerprint density at radius 3 is 2.50 bits per heavy atom. The summed E-state index contributed by atoms with van der Waals surface area (Å²) in [7, 11) is 0. The van der Waals surface area contributed by atoms with Crippen LogP contribution in [0.3, 0.4) is 0 Å². The molecule has 2 unspecified atom stereocenters. The van der Waals surface area contributed by atoms with Crippen LogP contribution in [0.25, 0.3) is 0 Å². The molecule has 22 heavy (non-hydrogen) atoms. The largest absolute Gasteiger partial charge is 0.460 e. The van der Waals surface area contributed by atoms with Crippen molar-refractivity contribution in [2.24, 2.45) is 17.6 Å². The Bertz CT molecular complexity index is 516. The van der Waals surface area contributed by atoms with Crippen molar-refractivity contribution in [2.75, 3.05) is 6.61 Å². The summed E-state index contributed by atoms with van der Waals surface area (Å²) in [5.74, 6) is -1.43. The van der Waals surface area contributed by atoms with Gasteiger partial charge in [0.2, 0.25) is 0 Å². The number of cyclic esters (lactones) is 1. The molecule has 1 fully saturated rings. The first-order chi connectivity index (χ1) is 10.4. The summed E-state index contributed by atoms with van der Waals surface area (Å²) in [6.45, 7) is 4.14. The third-order valence-corrected chi connectivity index (χ3v) is 3.84. The van der Waals surface area contributed by atoms with Crippen molar-refractivity contribution in [1.82, 2.24) is 0 Å². The molecule has 1 aromatic rings. The second-order valence-corrected chi connectivity index (χ2v) is 6.02. The lowest BCUT2D eigenvalue weighted by Gasteiger charge is -2.18. The Labute approximate surface area is 128 Å². The highest BCUT2D eigenvalue weighted by atomic mass is 19.1. The van der Waals surface area contributed by atoms with E-state index in [4.69, 9.17) is 15.2 Å². The van der Waals surface area contributed by atoms with E-state index < -0.39 is 17.7 Å². The molecule has 122 valence electrons. The average Bonchev–Trinajstić information content (AvgIpc) is 2.80. The minimum atomic E-state index is -0.646. The number of halogens is 2. The van der Waals surface area contributed by atoms with Gasteiger partial charge in [-0.05, 0) is 30.0 Å². The first-order valence-corrected chi connectivity index (χ1v) is 7.35. The zero-order chi connectivity index (χ0) is 16.3. The van der Waals surface area contributed by atoms with E-state index in [0.29, 0.717) is 12.0 Å². The van der Waals surface area contributed by atoms with Crippen LogP contribution in [-0.4, -0.2) is 24.7 Å². The molecule has 0 radical (unpaired) electrons. The fourth-order valence-electron chi connectivity index (χ4n) is 2.55. The molecule has 0 spiro atoms. The van der Waals surface area contributed by atoms with Crippen molar-refractivity contribution in [1.29, 1.82) is 0 Å². The van der Waals surface area contributed by atoms with E-state index in [1.165, 1.54) is 12.1 Å². The van der Waals surface area contributed by atoms with Crippen molar-refractivity contribution in [3.63, 3.8) is 0 Å². The standard InChI is InChI=1S/C16H21F2NO3/c1-9(2)13-6-15(22-16(13)20)14(19)8-21-7-10-3-11(17)5-12(18)4-10/h3-5,9,13-15H,6-8,19H2,1-2H3/t13-,14?,15?/m0/s1. The maximum atomic E-state index is 13.0. The van der Waals surface area contributed by atoms with Gasteiger partial charge in [-0.2, -0.15) is 0 Å². The van der Waals surface area contributed by atoms with Crippen LogP contribution in [-0.2, 0) is 20.9 Å². The van der Waals surface area contributed by atoms with E-state index in [1.54, 1.807) is 0 Å². The van der Waals surface area contributed by atoms with Crippen molar-refractivity contribution in [2.45, 2.75) is 39.0 Å². The van der Waals surface area contributed by atoms with Crippen LogP contribution >= 0.6 is 0 Å². The van der Waals surface area contributed by atoms with Gasteiger partial charge in [0.05, 0.1) is 25.2 Å². The molecule has 2 rings (SSSR count). The average molecular weight is 313 g/mol. The van der Waals surface area contributed by atoms with Crippen molar-refractivity contribution in [3.05, 3.63) is 35.4 Å². The van der Waals surface area contributed by atoms with Gasteiger partial charge in [0.15, 0.2) is 0 Å². The number of carbonyl (C=O) groups is 1. The molecule has 6 heteroatoms. The molecule has 1 aliphatic heterocycles. The van der Waals surface area contributed by atoms with Crippen LogP contribution < -0.4 is 5.73 Å². The summed E-state index contributed by atoms with van der Waals surface area (Å²) in [6, 6.07) is 2.77. The fourth-order valence-corrected chi connectivity index (χ4v) is 2.55. The number of ether oxygens (including phenoxy) is 2. The van der Waals surface area contributed by atoms with E-state index >= 15 is 0 Å². The molecule has 1 aliphatic rings. The summed E-state index contributed by atoms with van der Waals surface area (Å²) >= 11 is 0. The lowest BCUT2D eigenvalue weighted by molar-refractivity contribution is -0.146. The topological polar surface area (TPSA) is 61.6 Å². The molecule has 0 amide bonds. The zero-order valence-corrected chi connectivity index (χ0v) is 12.7. The molecule has 1 aromatic carbocycles. The number of hydrogen-bond acceptors (Lipinski definition) is 4. The SMILES string of the molecule is CC(C)[C@@H]1CC(C(N)COCc2cc(F)cc(F)c2)OC1=O. The number of benzene rings is 1. The monoisotopic (exact) mass is 313 g/mol. The van der Waals surface area contributed by atoms with Gasteiger partial charge >= 0.3 is 5.97 Å². The molecule has 3 atom stereocenters. The second-order valence-electron chi connectivity index (χ2n) is 6.02. The maximum absolute atomic E-state index is 13.0. The normalized spacial score (nSPS) is 22.9. The molecule has 0 aromatic heterocycles. The third-order valence-electron chi connectivity index (χ3n) is 3.84. The van der Waals surface area contributed by atoms with E-state index in [1.807, 2.05) is 13.8 Å². The van der Waals surface area contributed by atoms with Gasteiger partial charge in [-0.15, -0.1) is 0 Å². The van der Waals surface area contributed by atoms with Gasteiger partial charge in [-0.1, -0.05) is 13.8 Å². The quantitative estimate of drug-likeness (QED) is 0.819. The molecule has 0 aliphatic carbocycles. The summed E-state index contributed by atoms with van der Waals surface area (Å²) in [6.07, 6.45) is 0.208. The van der Waals surface area contributed by atoms with Crippen molar-refractivity contribution in [3.8, 4) is 0 Å². The molecule has 1 saturated heterocycles. The van der Waals surface area contributed by atoms with Crippen LogP contribution in [0.5, 0.6) is 0 Å². The van der Waals surface area contributed by atoms with Gasteiger partial charge in [0, 0.05) is 6.07 Å². The molecular formula is C16H21F2NO3. The number of rotatable bonds is 6. The highest BCUT2D eigenvalue weighted by Crippen LogP contribution is 2.28. The molecule has 1 heterocycles. The summed E-state index contributed by atoms with van der Waals surface area (Å²) in [4.78, 5) is 11.7. The number of carbonyl (C=O) groups excluding carboxylic acids is 1. The Hall–Kier alpha value is -1.53. The van der Waals surface area contributed by atoms with Crippen LogP contribution in [0.1, 0.15) is 25.8 Å². The van der Waals surface area contributed by atoms with Crippen LogP contribution in [0.15, 0.2) is 18.2 Å². The first-order valence-electron chi connectivity index (χ1n) is 7.35. The van der Waals surface area contributed by atoms with Crippen LogP contribution in [0.4, 0.5) is 8.78 Å². The number of nitrogens with two attached hydrogens (primary N) is 1. The smallest absolute Gasteiger partial charge is 0.309 e. The van der Waals surface area contributed by atoms with E-state index in [2.05, 4.69) is 0 Å². The summed E-state index contributed by atoms with van der Waals surface area (Å²) in [5.41, 5.74) is 6.37. The molecule has 0 saturated carbocycles. The first kappa shape index (κ1) is 16.8. The van der Waals surface area contributed by atoms with Gasteiger partial charge in [0.1, 0.15) is 17.7 Å². The molecule has 2 N–H and O–H groups in total. The minimum absolute atomic E-state index is 0.0522. The third kappa shape index (κ3) is 4.24. The van der Waals surface area contributed by atoms with Gasteiger partial charge in [0.25, 0.3) is 0 Å². The number of hydrogen-bond donors (Lipinski definition) is 1. The van der Waals surface area contributed by atoms with Crippen LogP contribution in [0.2, 0.25) is 0 Å². The van der Waals surface area contributed by atoms with E-state index in [9.17, 15) is 13.6 Å². The predicted octanol–water partition coefficient (Wildman–Crippen LogP) is 2.40. The maximum Gasteiger partial charge on any atom is 0.309 e. The zero-order valence-electron chi connectivity index (χ0n) is 12.7. The lowest BCUT2D eigenvalue weighted by Crippen LogP contribution is -2.38. The minimum Gasteiger partial charge on any atom is -0.460 e. The van der Waals surface area contributed by atoms with Crippen molar-refractivity contribution >= 4 is 5.97 Å². The van der Waals surface area contributed by atoms with Gasteiger partial charge in [-0.25, -0.2) is 8.78 Å². The molecular weight excluding hydrogens is 292 g/mol. The summed E-state index contributed by atoms with van der Waals surface area (Å²) < 4.78 is 36.7. The number of esters is 1. The molecule has 4 nitrogen and oxygen atoms in total. The van der Waals surface area contributed by atoms with Gasteiger partial charge in [-0.3, -0.25) is 4.79 Å². The second kappa shape index (κ2) is 7.15. The Morgan fingerprint density at radius 2 is 1.95 bits per heavy atom. The van der Waals surface area contributed by atoms with Crippen LogP contribution in [0, 0.1) is 23.5 Å². The molecule has 0 bridgehead atoms. The highest BCUT2D eigenvalue weighted by molar-refractivity contribution is 5.75. The Balaban J connectivity index is 1.81. The Morgan fingerprint density at radius 1 is 1.32 bits per heavy atom. The Kier molecular flexibility index (Phi) is 5.47. The van der Waals surface area contributed by atoms with Gasteiger partial charge < -0.3 is 15.2 Å². The lowest BCUT2D eigenvalue weighted by atomic mass is 9.91. The predicted molar refractivity (Wildman–Crippen MR) is 76.8 cm³/mol. The highest BCUT2D eigenvalue weighted by Gasteiger charge is 2.39. The summed E-state index contributed by atoms with van der Waals surface area (Å²) in [5, 5.41) is 0. The van der Waals surface area contributed by atoms with Crippen molar-refractivity contribution < 1.29 is 23.0 Å². The van der Waals surface area contributed by atoms with E-state index in [-0.39, 0.29) is 37.1 Å². The fraction of sp³-hybridized carbons (Fsp3) is 0.562.